The van der Waals surface area contributed by atoms with Crippen molar-refractivity contribution in [2.45, 2.75) is 13.8 Å². The van der Waals surface area contributed by atoms with Crippen molar-refractivity contribution >= 4 is 23.0 Å². The van der Waals surface area contributed by atoms with Gasteiger partial charge < -0.3 is 5.73 Å². The van der Waals surface area contributed by atoms with Crippen LogP contribution in [-0.2, 0) is 0 Å². The van der Waals surface area contributed by atoms with Crippen LogP contribution in [-0.4, -0.2) is 15.8 Å². The van der Waals surface area contributed by atoms with E-state index < -0.39 is 0 Å². The van der Waals surface area contributed by atoms with Crippen molar-refractivity contribution in [2.24, 2.45) is 10.8 Å². The topological polar surface area (TPSA) is 63.3 Å². The predicted octanol–water partition coefficient (Wildman–Crippen LogP) is 2.61. The molecule has 0 saturated heterocycles. The summed E-state index contributed by atoms with van der Waals surface area (Å²) in [7, 11) is 0. The molecule has 0 aliphatic carbocycles. The number of pyridine rings is 1. The lowest BCUT2D eigenvalue weighted by atomic mass is 9.98. The second-order valence-electron chi connectivity index (χ2n) is 4.39. The Balaban J connectivity index is 2.49. The normalized spacial score (nSPS) is 11.2. The molecular formula is C15H16N4S. The van der Waals surface area contributed by atoms with Crippen molar-refractivity contribution in [2.75, 3.05) is 0 Å². The zero-order valence-corrected chi connectivity index (χ0v) is 12.2. The highest BCUT2D eigenvalue weighted by atomic mass is 32.1. The van der Waals surface area contributed by atoms with Crippen LogP contribution in [0.15, 0.2) is 47.7 Å². The molecule has 3 N–H and O–H groups in total. The van der Waals surface area contributed by atoms with E-state index in [1.165, 1.54) is 5.56 Å². The van der Waals surface area contributed by atoms with Gasteiger partial charge in [0.1, 0.15) is 0 Å². The van der Waals surface area contributed by atoms with Gasteiger partial charge in [0.15, 0.2) is 5.11 Å². The summed E-state index contributed by atoms with van der Waals surface area (Å²) in [6, 6.07) is 12.1. The molecule has 0 fully saturated rings. The fourth-order valence-corrected chi connectivity index (χ4v) is 2.02. The monoisotopic (exact) mass is 284 g/mol. The van der Waals surface area contributed by atoms with E-state index in [1.807, 2.05) is 31.2 Å². The second kappa shape index (κ2) is 6.25. The molecule has 0 saturated carbocycles. The third-order valence-corrected chi connectivity index (χ3v) is 3.01. The van der Waals surface area contributed by atoms with Crippen molar-refractivity contribution in [3.05, 3.63) is 53.9 Å². The fraction of sp³-hybridized carbons (Fsp3) is 0.133. The molecule has 102 valence electrons. The fourth-order valence-electron chi connectivity index (χ4n) is 1.98. The van der Waals surface area contributed by atoms with Crippen molar-refractivity contribution in [1.29, 1.82) is 0 Å². The number of aromatic nitrogens is 1. The molecule has 4 nitrogen and oxygen atoms in total. The maximum atomic E-state index is 5.38. The third-order valence-electron chi connectivity index (χ3n) is 2.92. The zero-order valence-electron chi connectivity index (χ0n) is 11.4. The van der Waals surface area contributed by atoms with E-state index >= 15 is 0 Å². The van der Waals surface area contributed by atoms with Gasteiger partial charge in [-0.05, 0) is 43.3 Å². The van der Waals surface area contributed by atoms with Crippen molar-refractivity contribution in [3.8, 4) is 11.1 Å². The Labute approximate surface area is 123 Å². The number of nitrogens with zero attached hydrogens (tertiary/aromatic N) is 2. The number of hydrazone groups is 1. The molecule has 2 aromatic rings. The molecule has 0 atom stereocenters. The van der Waals surface area contributed by atoms with Gasteiger partial charge in [-0.3, -0.25) is 10.4 Å². The Kier molecular flexibility index (Phi) is 4.42. The molecule has 0 radical (unpaired) electrons. The second-order valence-corrected chi connectivity index (χ2v) is 4.83. The standard InChI is InChI=1S/C15H16N4S/c1-10-6-3-4-7-12(10)13-8-5-9-17-14(13)11(2)18-19-15(16)20/h3-9H,1-2H3,(H3,16,19,20). The number of nitrogens with two attached hydrogens (primary N) is 1. The Morgan fingerprint density at radius 1 is 1.20 bits per heavy atom. The van der Waals surface area contributed by atoms with Gasteiger partial charge in [-0.1, -0.05) is 30.3 Å². The molecule has 20 heavy (non-hydrogen) atoms. The van der Waals surface area contributed by atoms with Crippen LogP contribution in [0, 0.1) is 6.92 Å². The average molecular weight is 284 g/mol. The zero-order chi connectivity index (χ0) is 14.5. The Hall–Kier alpha value is -2.27. The van der Waals surface area contributed by atoms with Crippen LogP contribution in [0.25, 0.3) is 11.1 Å². The summed E-state index contributed by atoms with van der Waals surface area (Å²) in [6.07, 6.45) is 1.75. The Bertz CT molecular complexity index is 664. The minimum absolute atomic E-state index is 0.137. The molecule has 1 aromatic carbocycles. The van der Waals surface area contributed by atoms with Gasteiger partial charge in [0.05, 0.1) is 11.4 Å². The smallest absolute Gasteiger partial charge is 0.184 e. The van der Waals surface area contributed by atoms with E-state index in [2.05, 4.69) is 34.6 Å². The van der Waals surface area contributed by atoms with Crippen LogP contribution in [0.2, 0.25) is 0 Å². The molecule has 0 unspecified atom stereocenters. The molecule has 0 spiro atoms. The number of hydrogen-bond donors (Lipinski definition) is 2. The van der Waals surface area contributed by atoms with Gasteiger partial charge in [0.2, 0.25) is 0 Å². The maximum Gasteiger partial charge on any atom is 0.184 e. The summed E-state index contributed by atoms with van der Waals surface area (Å²) in [6.45, 7) is 3.95. The minimum Gasteiger partial charge on any atom is -0.375 e. The number of benzene rings is 1. The SMILES string of the molecule is CC(=NNC(N)=S)c1ncccc1-c1ccccc1C. The van der Waals surface area contributed by atoms with Gasteiger partial charge in [-0.25, -0.2) is 0 Å². The van der Waals surface area contributed by atoms with Crippen LogP contribution in [0.1, 0.15) is 18.2 Å². The summed E-state index contributed by atoms with van der Waals surface area (Å²) >= 11 is 4.75. The van der Waals surface area contributed by atoms with Crippen LogP contribution < -0.4 is 11.2 Å². The van der Waals surface area contributed by atoms with E-state index in [-0.39, 0.29) is 5.11 Å². The lowest BCUT2D eigenvalue weighted by Crippen LogP contribution is -2.25. The maximum absolute atomic E-state index is 5.38. The van der Waals surface area contributed by atoms with E-state index in [4.69, 9.17) is 18.0 Å². The molecule has 1 aromatic heterocycles. The van der Waals surface area contributed by atoms with Crippen LogP contribution in [0.4, 0.5) is 0 Å². The summed E-state index contributed by atoms with van der Waals surface area (Å²) < 4.78 is 0. The molecule has 2 rings (SSSR count). The molecule has 0 amide bonds. The van der Waals surface area contributed by atoms with Gasteiger partial charge in [0.25, 0.3) is 0 Å². The van der Waals surface area contributed by atoms with E-state index in [0.29, 0.717) is 0 Å². The van der Waals surface area contributed by atoms with Crippen molar-refractivity contribution < 1.29 is 0 Å². The number of hydrogen-bond acceptors (Lipinski definition) is 3. The first kappa shape index (κ1) is 14.1. The van der Waals surface area contributed by atoms with Crippen LogP contribution >= 0.6 is 12.2 Å². The van der Waals surface area contributed by atoms with E-state index in [9.17, 15) is 0 Å². The summed E-state index contributed by atoms with van der Waals surface area (Å²) in [5, 5.41) is 4.28. The van der Waals surface area contributed by atoms with E-state index in [0.717, 1.165) is 22.5 Å². The molecule has 0 bridgehead atoms. The lowest BCUT2D eigenvalue weighted by Gasteiger charge is -2.10. The first-order chi connectivity index (χ1) is 9.59. The largest absolute Gasteiger partial charge is 0.375 e. The molecule has 0 aliphatic rings. The number of rotatable bonds is 3. The van der Waals surface area contributed by atoms with Crippen molar-refractivity contribution in [1.82, 2.24) is 10.4 Å². The predicted molar refractivity (Wildman–Crippen MR) is 86.5 cm³/mol. The highest BCUT2D eigenvalue weighted by Crippen LogP contribution is 2.25. The highest BCUT2D eigenvalue weighted by Gasteiger charge is 2.10. The van der Waals surface area contributed by atoms with Gasteiger partial charge in [-0.2, -0.15) is 5.10 Å². The molecule has 0 aliphatic heterocycles. The number of aryl methyl sites for hydroxylation is 1. The van der Waals surface area contributed by atoms with E-state index in [1.54, 1.807) is 6.20 Å². The summed E-state index contributed by atoms with van der Waals surface area (Å²) in [4.78, 5) is 4.42. The van der Waals surface area contributed by atoms with Crippen molar-refractivity contribution in [3.63, 3.8) is 0 Å². The molecule has 1 heterocycles. The Morgan fingerprint density at radius 3 is 2.60 bits per heavy atom. The van der Waals surface area contributed by atoms with Crippen LogP contribution in [0.3, 0.4) is 0 Å². The molecule has 5 heteroatoms. The Morgan fingerprint density at radius 2 is 1.90 bits per heavy atom. The van der Waals surface area contributed by atoms with Gasteiger partial charge in [0, 0.05) is 11.8 Å². The number of thiocarbonyl (C=S) groups is 1. The van der Waals surface area contributed by atoms with Gasteiger partial charge in [-0.15, -0.1) is 0 Å². The first-order valence-electron chi connectivity index (χ1n) is 6.20. The third kappa shape index (κ3) is 3.19. The van der Waals surface area contributed by atoms with Crippen LogP contribution in [0.5, 0.6) is 0 Å². The summed E-state index contributed by atoms with van der Waals surface area (Å²) in [5.41, 5.74) is 12.9. The lowest BCUT2D eigenvalue weighted by molar-refractivity contribution is 1.02. The number of nitrogens with one attached hydrogen (secondary N) is 1. The quantitative estimate of drug-likeness (QED) is 0.516. The van der Waals surface area contributed by atoms with Gasteiger partial charge >= 0.3 is 0 Å². The highest BCUT2D eigenvalue weighted by molar-refractivity contribution is 7.80. The molecular weight excluding hydrogens is 268 g/mol. The minimum atomic E-state index is 0.137. The summed E-state index contributed by atoms with van der Waals surface area (Å²) in [5.74, 6) is 0. The average Bonchev–Trinajstić information content (AvgIpc) is 2.45. The first-order valence-corrected chi connectivity index (χ1v) is 6.61.